The van der Waals surface area contributed by atoms with E-state index in [4.69, 9.17) is 11.6 Å². The molecule has 2 heterocycles. The lowest BCUT2D eigenvalue weighted by molar-refractivity contribution is -0.148. The van der Waals surface area contributed by atoms with E-state index in [-0.39, 0.29) is 25.1 Å². The Labute approximate surface area is 188 Å². The highest BCUT2D eigenvalue weighted by Crippen LogP contribution is 2.22. The van der Waals surface area contributed by atoms with Gasteiger partial charge in [-0.15, -0.1) is 0 Å². The molecule has 1 aliphatic heterocycles. The molecule has 1 aliphatic rings. The highest BCUT2D eigenvalue weighted by molar-refractivity contribution is 6.31. The van der Waals surface area contributed by atoms with Gasteiger partial charge in [0.15, 0.2) is 0 Å². The second kappa shape index (κ2) is 9.02. The minimum Gasteiger partial charge on any atom is -0.480 e. The number of H-pyrrole nitrogens is 1. The number of aromatic nitrogens is 1. The Hall–Kier alpha value is -3.36. The molecule has 32 heavy (non-hydrogen) atoms. The normalized spacial score (nSPS) is 19.1. The minimum atomic E-state index is -1.19. The number of hydrogen-bond acceptors (Lipinski definition) is 4. The van der Waals surface area contributed by atoms with Gasteiger partial charge in [-0.05, 0) is 29.8 Å². The molecule has 2 amide bonds. The molecule has 4 rings (SSSR count). The van der Waals surface area contributed by atoms with Crippen molar-refractivity contribution in [2.75, 3.05) is 6.54 Å². The standard InChI is InChI=1S/C23H22ClN3O5/c24-15-6-7-17-14(9-15)10-18(25-17)21(29)26-19(8-13-4-2-1-3-5-13)22(30)27-12-16(28)11-20(27)23(31)32/h1-7,9-10,16,19-20,25,28H,8,11-12H2,(H,26,29)(H,31,32)/t16-,19+,20+/m1/s1. The number of carboxylic acid groups (broad SMARTS) is 1. The number of carbonyl (C=O) groups is 3. The van der Waals surface area contributed by atoms with E-state index in [1.54, 1.807) is 24.3 Å². The molecular weight excluding hydrogens is 434 g/mol. The Kier molecular flexibility index (Phi) is 6.16. The van der Waals surface area contributed by atoms with E-state index < -0.39 is 36.0 Å². The maximum Gasteiger partial charge on any atom is 0.326 e. The van der Waals surface area contributed by atoms with Gasteiger partial charge in [-0.25, -0.2) is 4.79 Å². The molecule has 8 nitrogen and oxygen atoms in total. The Balaban J connectivity index is 1.60. The molecule has 3 atom stereocenters. The molecule has 4 N–H and O–H groups in total. The van der Waals surface area contributed by atoms with Crippen LogP contribution in [0.4, 0.5) is 0 Å². The molecular formula is C23H22ClN3O5. The van der Waals surface area contributed by atoms with Crippen LogP contribution in [0.25, 0.3) is 10.9 Å². The van der Waals surface area contributed by atoms with Crippen molar-refractivity contribution in [3.63, 3.8) is 0 Å². The second-order valence-corrected chi connectivity index (χ2v) is 8.30. The fourth-order valence-corrected chi connectivity index (χ4v) is 4.18. The molecule has 0 radical (unpaired) electrons. The quantitative estimate of drug-likeness (QED) is 0.454. The molecule has 1 aromatic heterocycles. The van der Waals surface area contributed by atoms with Crippen LogP contribution in [0, 0.1) is 0 Å². The van der Waals surface area contributed by atoms with Crippen molar-refractivity contribution in [3.05, 3.63) is 70.9 Å². The zero-order valence-electron chi connectivity index (χ0n) is 17.0. The van der Waals surface area contributed by atoms with Crippen molar-refractivity contribution >= 4 is 40.3 Å². The highest BCUT2D eigenvalue weighted by atomic mass is 35.5. The first-order chi connectivity index (χ1) is 15.3. The minimum absolute atomic E-state index is 0.0458. The van der Waals surface area contributed by atoms with Crippen molar-refractivity contribution in [2.45, 2.75) is 31.0 Å². The monoisotopic (exact) mass is 455 g/mol. The average molecular weight is 456 g/mol. The fraction of sp³-hybridized carbons (Fsp3) is 0.261. The number of rotatable bonds is 6. The maximum absolute atomic E-state index is 13.3. The van der Waals surface area contributed by atoms with Crippen molar-refractivity contribution in [2.24, 2.45) is 0 Å². The van der Waals surface area contributed by atoms with Gasteiger partial charge in [-0.3, -0.25) is 9.59 Å². The summed E-state index contributed by atoms with van der Waals surface area (Å²) in [4.78, 5) is 42.0. The fourth-order valence-electron chi connectivity index (χ4n) is 4.00. The van der Waals surface area contributed by atoms with Gasteiger partial charge in [0.05, 0.1) is 6.10 Å². The van der Waals surface area contributed by atoms with Crippen LogP contribution in [0.2, 0.25) is 5.02 Å². The van der Waals surface area contributed by atoms with Gasteiger partial charge in [0, 0.05) is 35.3 Å². The molecule has 0 unspecified atom stereocenters. The topological polar surface area (TPSA) is 123 Å². The van der Waals surface area contributed by atoms with Gasteiger partial charge in [0.2, 0.25) is 5.91 Å². The van der Waals surface area contributed by atoms with Crippen LogP contribution >= 0.6 is 11.6 Å². The molecule has 0 aliphatic carbocycles. The summed E-state index contributed by atoms with van der Waals surface area (Å²) in [5.41, 5.74) is 1.78. The van der Waals surface area contributed by atoms with Gasteiger partial charge < -0.3 is 25.4 Å². The van der Waals surface area contributed by atoms with Crippen molar-refractivity contribution < 1.29 is 24.6 Å². The van der Waals surface area contributed by atoms with E-state index in [1.165, 1.54) is 0 Å². The summed E-state index contributed by atoms with van der Waals surface area (Å²) in [7, 11) is 0. The third-order valence-electron chi connectivity index (χ3n) is 5.56. The predicted molar refractivity (Wildman–Crippen MR) is 118 cm³/mol. The Morgan fingerprint density at radius 1 is 1.16 bits per heavy atom. The number of halogens is 1. The van der Waals surface area contributed by atoms with Crippen LogP contribution in [-0.2, 0) is 16.0 Å². The van der Waals surface area contributed by atoms with E-state index in [1.807, 2.05) is 30.3 Å². The summed E-state index contributed by atoms with van der Waals surface area (Å²) < 4.78 is 0. The number of aliphatic hydroxyl groups is 1. The Morgan fingerprint density at radius 3 is 2.62 bits per heavy atom. The summed E-state index contributed by atoms with van der Waals surface area (Å²) in [6.07, 6.45) is -0.793. The average Bonchev–Trinajstić information content (AvgIpc) is 3.36. The third-order valence-corrected chi connectivity index (χ3v) is 5.80. The first kappa shape index (κ1) is 21.9. The van der Waals surface area contributed by atoms with E-state index in [0.717, 1.165) is 21.4 Å². The predicted octanol–water partition coefficient (Wildman–Crippen LogP) is 2.21. The van der Waals surface area contributed by atoms with Gasteiger partial charge in [0.25, 0.3) is 5.91 Å². The van der Waals surface area contributed by atoms with Crippen molar-refractivity contribution in [1.82, 2.24) is 15.2 Å². The molecule has 1 saturated heterocycles. The largest absolute Gasteiger partial charge is 0.480 e. The number of amides is 2. The first-order valence-corrected chi connectivity index (χ1v) is 10.5. The number of nitrogens with one attached hydrogen (secondary N) is 2. The van der Waals surface area contributed by atoms with Gasteiger partial charge >= 0.3 is 5.97 Å². The van der Waals surface area contributed by atoms with Crippen molar-refractivity contribution in [3.8, 4) is 0 Å². The molecule has 9 heteroatoms. The maximum atomic E-state index is 13.3. The molecule has 166 valence electrons. The number of carboxylic acids is 1. The number of fused-ring (bicyclic) bond motifs is 1. The van der Waals surface area contributed by atoms with Crippen LogP contribution < -0.4 is 5.32 Å². The third kappa shape index (κ3) is 4.61. The summed E-state index contributed by atoms with van der Waals surface area (Å²) in [6.45, 7) is -0.0954. The lowest BCUT2D eigenvalue weighted by Crippen LogP contribution is -2.52. The summed E-state index contributed by atoms with van der Waals surface area (Å²) in [5.74, 6) is -2.24. The molecule has 0 saturated carbocycles. The lowest BCUT2D eigenvalue weighted by Gasteiger charge is -2.27. The zero-order chi connectivity index (χ0) is 22.8. The molecule has 0 spiro atoms. The van der Waals surface area contributed by atoms with E-state index in [0.29, 0.717) is 5.02 Å². The molecule has 0 bridgehead atoms. The van der Waals surface area contributed by atoms with Crippen LogP contribution in [-0.4, -0.2) is 62.6 Å². The number of aliphatic hydroxyl groups excluding tert-OH is 1. The van der Waals surface area contributed by atoms with Crippen LogP contribution in [0.5, 0.6) is 0 Å². The van der Waals surface area contributed by atoms with E-state index in [9.17, 15) is 24.6 Å². The number of likely N-dealkylation sites (tertiary alicyclic amines) is 1. The van der Waals surface area contributed by atoms with Crippen LogP contribution in [0.3, 0.4) is 0 Å². The highest BCUT2D eigenvalue weighted by Gasteiger charge is 2.41. The number of nitrogens with zero attached hydrogens (tertiary/aromatic N) is 1. The number of hydrogen-bond donors (Lipinski definition) is 4. The smallest absolute Gasteiger partial charge is 0.326 e. The second-order valence-electron chi connectivity index (χ2n) is 7.86. The van der Waals surface area contributed by atoms with E-state index >= 15 is 0 Å². The molecule has 2 aromatic carbocycles. The number of aliphatic carboxylic acids is 1. The lowest BCUT2D eigenvalue weighted by atomic mass is 10.0. The zero-order valence-corrected chi connectivity index (χ0v) is 17.7. The van der Waals surface area contributed by atoms with Crippen molar-refractivity contribution in [1.29, 1.82) is 0 Å². The van der Waals surface area contributed by atoms with Crippen LogP contribution in [0.15, 0.2) is 54.6 Å². The first-order valence-electron chi connectivity index (χ1n) is 10.2. The molecule has 3 aromatic rings. The Bertz CT molecular complexity index is 1160. The number of carbonyl (C=O) groups excluding carboxylic acids is 2. The SMILES string of the molecule is O=C(N[C@@H](Cc1ccccc1)C(=O)N1C[C@H](O)C[C@H]1C(=O)O)c1cc2cc(Cl)ccc2[nH]1. The van der Waals surface area contributed by atoms with Crippen LogP contribution in [0.1, 0.15) is 22.5 Å². The summed E-state index contributed by atoms with van der Waals surface area (Å²) >= 11 is 6.01. The van der Waals surface area contributed by atoms with E-state index in [2.05, 4.69) is 10.3 Å². The van der Waals surface area contributed by atoms with Gasteiger partial charge in [-0.2, -0.15) is 0 Å². The van der Waals surface area contributed by atoms with Gasteiger partial charge in [0.1, 0.15) is 17.8 Å². The summed E-state index contributed by atoms with van der Waals surface area (Å²) in [5, 5.41) is 23.4. The Morgan fingerprint density at radius 2 is 1.91 bits per heavy atom. The molecule has 1 fully saturated rings. The number of benzene rings is 2. The van der Waals surface area contributed by atoms with Gasteiger partial charge in [-0.1, -0.05) is 41.9 Å². The number of aromatic amines is 1. The summed E-state index contributed by atoms with van der Waals surface area (Å²) in [6, 6.07) is 13.8. The number of β-amino-alcohol motifs (C(OH)–C–C–N with tert-alkyl or cyclic N) is 1.